The molecular weight excluding hydrogens is 324 g/mol. The molecule has 0 N–H and O–H groups in total. The molecular formula is C17H16N4O4. The number of hydrogen-bond acceptors (Lipinski definition) is 5. The number of nitro benzene ring substituents is 1. The topological polar surface area (TPSA) is 91.7 Å². The third-order valence-corrected chi connectivity index (χ3v) is 3.92. The van der Waals surface area contributed by atoms with Crippen molar-refractivity contribution in [2.24, 2.45) is 19.3 Å². The summed E-state index contributed by atoms with van der Waals surface area (Å²) < 4.78 is 3.14. The third-order valence-electron chi connectivity index (χ3n) is 3.92. The van der Waals surface area contributed by atoms with Crippen LogP contribution in [0, 0.1) is 10.1 Å². The van der Waals surface area contributed by atoms with Gasteiger partial charge in [0.05, 0.1) is 22.2 Å². The monoisotopic (exact) mass is 340 g/mol. The summed E-state index contributed by atoms with van der Waals surface area (Å²) in [5, 5.41) is 14.6. The lowest BCUT2D eigenvalue weighted by Crippen LogP contribution is -2.19. The molecule has 2 aromatic carbocycles. The van der Waals surface area contributed by atoms with Crippen LogP contribution >= 0.6 is 0 Å². The lowest BCUT2D eigenvalue weighted by molar-refractivity contribution is -0.384. The molecule has 3 rings (SSSR count). The first kappa shape index (κ1) is 16.4. The summed E-state index contributed by atoms with van der Waals surface area (Å²) in [6, 6.07) is 11.7. The largest absolute Gasteiger partial charge is 0.391 e. The Labute approximate surface area is 142 Å². The number of rotatable bonds is 5. The minimum absolute atomic E-state index is 0.0144. The van der Waals surface area contributed by atoms with Gasteiger partial charge in [-0.15, -0.1) is 0 Å². The molecule has 0 atom stereocenters. The summed E-state index contributed by atoms with van der Waals surface area (Å²) in [5.41, 5.74) is 3.00. The predicted octanol–water partition coefficient (Wildman–Crippen LogP) is 2.34. The van der Waals surface area contributed by atoms with Crippen LogP contribution in [0.3, 0.4) is 0 Å². The minimum atomic E-state index is -0.452. The van der Waals surface area contributed by atoms with Crippen LogP contribution in [0.2, 0.25) is 0 Å². The second-order valence-electron chi connectivity index (χ2n) is 5.58. The second kappa shape index (κ2) is 6.60. The molecule has 0 saturated heterocycles. The Morgan fingerprint density at radius 2 is 1.92 bits per heavy atom. The zero-order chi connectivity index (χ0) is 18.0. The Hall–Kier alpha value is -3.42. The Bertz CT molecular complexity index is 1030. The van der Waals surface area contributed by atoms with Crippen molar-refractivity contribution < 1.29 is 9.76 Å². The molecule has 8 heteroatoms. The van der Waals surface area contributed by atoms with E-state index in [-0.39, 0.29) is 18.0 Å². The van der Waals surface area contributed by atoms with Crippen LogP contribution in [-0.2, 0) is 25.5 Å². The van der Waals surface area contributed by atoms with E-state index in [0.29, 0.717) is 5.56 Å². The molecule has 0 aliphatic rings. The van der Waals surface area contributed by atoms with Crippen molar-refractivity contribution in [3.05, 3.63) is 74.2 Å². The molecule has 8 nitrogen and oxygen atoms in total. The van der Waals surface area contributed by atoms with E-state index >= 15 is 0 Å². The molecule has 0 fully saturated rings. The number of aromatic nitrogens is 2. The van der Waals surface area contributed by atoms with E-state index in [0.717, 1.165) is 16.6 Å². The Morgan fingerprint density at radius 3 is 2.68 bits per heavy atom. The van der Waals surface area contributed by atoms with Gasteiger partial charge in [0.1, 0.15) is 6.61 Å². The van der Waals surface area contributed by atoms with Crippen LogP contribution in [0.25, 0.3) is 11.0 Å². The van der Waals surface area contributed by atoms with Gasteiger partial charge in [-0.3, -0.25) is 19.2 Å². The predicted molar refractivity (Wildman–Crippen MR) is 93.6 cm³/mol. The summed E-state index contributed by atoms with van der Waals surface area (Å²) in [6.07, 6.45) is 1.54. The second-order valence-corrected chi connectivity index (χ2v) is 5.58. The maximum Gasteiger partial charge on any atom is 0.328 e. The van der Waals surface area contributed by atoms with E-state index in [9.17, 15) is 14.9 Å². The fourth-order valence-corrected chi connectivity index (χ4v) is 2.57. The van der Waals surface area contributed by atoms with E-state index in [2.05, 4.69) is 5.16 Å². The highest BCUT2D eigenvalue weighted by Crippen LogP contribution is 2.15. The summed E-state index contributed by atoms with van der Waals surface area (Å²) >= 11 is 0. The molecule has 128 valence electrons. The number of non-ortho nitro benzene ring substituents is 1. The van der Waals surface area contributed by atoms with Gasteiger partial charge < -0.3 is 4.84 Å². The molecule has 25 heavy (non-hydrogen) atoms. The van der Waals surface area contributed by atoms with Gasteiger partial charge in [0.15, 0.2) is 0 Å². The molecule has 1 aromatic heterocycles. The average molecular weight is 340 g/mol. The molecule has 0 aliphatic heterocycles. The first-order valence-corrected chi connectivity index (χ1v) is 7.51. The zero-order valence-electron chi connectivity index (χ0n) is 13.7. The third kappa shape index (κ3) is 3.27. The summed E-state index contributed by atoms with van der Waals surface area (Å²) in [7, 11) is 3.44. The highest BCUT2D eigenvalue weighted by Gasteiger charge is 2.07. The van der Waals surface area contributed by atoms with Gasteiger partial charge in [-0.25, -0.2) is 4.79 Å². The molecule has 0 aliphatic carbocycles. The van der Waals surface area contributed by atoms with Gasteiger partial charge in [-0.1, -0.05) is 23.4 Å². The number of aryl methyl sites for hydroxylation is 2. The van der Waals surface area contributed by atoms with E-state index in [4.69, 9.17) is 4.84 Å². The lowest BCUT2D eigenvalue weighted by atomic mass is 10.2. The Morgan fingerprint density at radius 1 is 1.16 bits per heavy atom. The van der Waals surface area contributed by atoms with Crippen LogP contribution in [0.4, 0.5) is 5.69 Å². The van der Waals surface area contributed by atoms with Crippen LogP contribution < -0.4 is 5.69 Å². The van der Waals surface area contributed by atoms with E-state index < -0.39 is 4.92 Å². The van der Waals surface area contributed by atoms with Gasteiger partial charge in [0.25, 0.3) is 5.69 Å². The lowest BCUT2D eigenvalue weighted by Gasteiger charge is -2.00. The number of imidazole rings is 1. The molecule has 1 heterocycles. The number of fused-ring (bicyclic) bond motifs is 1. The number of hydrogen-bond donors (Lipinski definition) is 0. The van der Waals surface area contributed by atoms with Crippen molar-refractivity contribution in [1.29, 1.82) is 0 Å². The van der Waals surface area contributed by atoms with Crippen molar-refractivity contribution >= 4 is 22.9 Å². The van der Waals surface area contributed by atoms with Crippen molar-refractivity contribution in [1.82, 2.24) is 9.13 Å². The smallest absolute Gasteiger partial charge is 0.328 e. The van der Waals surface area contributed by atoms with Gasteiger partial charge in [-0.05, 0) is 23.3 Å². The molecule has 0 amide bonds. The Balaban J connectivity index is 1.71. The van der Waals surface area contributed by atoms with E-state index in [1.165, 1.54) is 18.3 Å². The average Bonchev–Trinajstić information content (AvgIpc) is 2.83. The summed E-state index contributed by atoms with van der Waals surface area (Å²) in [4.78, 5) is 27.4. The normalized spacial score (nSPS) is 11.3. The standard InChI is InChI=1S/C17H16N4O4/c1-19-15-7-6-12(9-16(15)20(2)17(19)22)10-18-25-11-13-4-3-5-14(8-13)21(23)24/h3-10H,11H2,1-2H3/b18-10-. The highest BCUT2D eigenvalue weighted by atomic mass is 16.6. The fraction of sp³-hybridized carbons (Fsp3) is 0.176. The molecule has 0 saturated carbocycles. The Kier molecular flexibility index (Phi) is 4.34. The highest BCUT2D eigenvalue weighted by molar-refractivity contribution is 5.87. The van der Waals surface area contributed by atoms with Gasteiger partial charge >= 0.3 is 5.69 Å². The molecule has 3 aromatic rings. The van der Waals surface area contributed by atoms with Crippen LogP contribution in [0.5, 0.6) is 0 Å². The summed E-state index contributed by atoms with van der Waals surface area (Å²) in [6.45, 7) is 0.129. The van der Waals surface area contributed by atoms with Crippen LogP contribution in [-0.4, -0.2) is 20.3 Å². The van der Waals surface area contributed by atoms with Crippen molar-refractivity contribution in [2.75, 3.05) is 0 Å². The van der Waals surface area contributed by atoms with Crippen LogP contribution in [0.1, 0.15) is 11.1 Å². The van der Waals surface area contributed by atoms with Crippen molar-refractivity contribution in [3.63, 3.8) is 0 Å². The maximum atomic E-state index is 11.9. The minimum Gasteiger partial charge on any atom is -0.391 e. The van der Waals surface area contributed by atoms with E-state index in [1.807, 2.05) is 18.2 Å². The van der Waals surface area contributed by atoms with Gasteiger partial charge in [0.2, 0.25) is 0 Å². The van der Waals surface area contributed by atoms with Crippen molar-refractivity contribution in [2.45, 2.75) is 6.61 Å². The SMILES string of the molecule is Cn1c(=O)n(C)c2cc(/C=N\OCc3cccc([N+](=O)[O-])c3)ccc21. The van der Waals surface area contributed by atoms with Crippen LogP contribution in [0.15, 0.2) is 52.4 Å². The number of benzene rings is 2. The quantitative estimate of drug-likeness (QED) is 0.405. The first-order valence-electron chi connectivity index (χ1n) is 7.51. The molecule has 0 spiro atoms. The summed E-state index contributed by atoms with van der Waals surface area (Å²) in [5.74, 6) is 0. The molecule has 0 bridgehead atoms. The number of nitro groups is 1. The first-order chi connectivity index (χ1) is 12.0. The molecule has 0 radical (unpaired) electrons. The fourth-order valence-electron chi connectivity index (χ4n) is 2.57. The van der Waals surface area contributed by atoms with Gasteiger partial charge in [-0.2, -0.15) is 0 Å². The van der Waals surface area contributed by atoms with E-state index in [1.54, 1.807) is 35.4 Å². The zero-order valence-corrected chi connectivity index (χ0v) is 13.7. The van der Waals surface area contributed by atoms with Crippen molar-refractivity contribution in [3.8, 4) is 0 Å². The number of oxime groups is 1. The van der Waals surface area contributed by atoms with Gasteiger partial charge in [0, 0.05) is 26.2 Å². The molecule has 0 unspecified atom stereocenters. The number of nitrogens with zero attached hydrogens (tertiary/aromatic N) is 4. The maximum absolute atomic E-state index is 11.9.